The Kier molecular flexibility index (Phi) is 17.1. The van der Waals surface area contributed by atoms with E-state index in [9.17, 15) is 0 Å². The molecule has 2 saturated carbocycles. The summed E-state index contributed by atoms with van der Waals surface area (Å²) in [6.45, 7) is 3.37. The fourth-order valence-electron chi connectivity index (χ4n) is 3.50. The molecule has 6 nitrogen and oxygen atoms in total. The zero-order chi connectivity index (χ0) is 21.2. The quantitative estimate of drug-likeness (QED) is 0.675. The molecule has 6 heteroatoms. The highest BCUT2D eigenvalue weighted by Gasteiger charge is 2.15. The third-order valence-corrected chi connectivity index (χ3v) is 5.94. The third-order valence-electron chi connectivity index (χ3n) is 5.94. The molecular formula is C23H46O6. The van der Waals surface area contributed by atoms with Crippen LogP contribution in [0.2, 0.25) is 0 Å². The lowest BCUT2D eigenvalue weighted by molar-refractivity contribution is -0.0291. The number of ether oxygens (including phenoxy) is 6. The lowest BCUT2D eigenvalue weighted by Gasteiger charge is -2.22. The predicted octanol–water partition coefficient (Wildman–Crippen LogP) is 4.38. The van der Waals surface area contributed by atoms with Gasteiger partial charge in [-0.05, 0) is 51.4 Å². The van der Waals surface area contributed by atoms with Gasteiger partial charge in [0.25, 0.3) is 0 Å². The van der Waals surface area contributed by atoms with E-state index in [0.29, 0.717) is 24.4 Å². The molecule has 4 fully saturated rings. The number of hydrogen-bond donors (Lipinski definition) is 0. The maximum absolute atomic E-state index is 5.19. The van der Waals surface area contributed by atoms with Gasteiger partial charge in [-0.1, -0.05) is 19.3 Å². The van der Waals surface area contributed by atoms with E-state index in [4.69, 9.17) is 28.4 Å². The molecule has 2 atom stereocenters. The van der Waals surface area contributed by atoms with Crippen LogP contribution in [0.4, 0.5) is 0 Å². The second kappa shape index (κ2) is 18.5. The van der Waals surface area contributed by atoms with Crippen LogP contribution >= 0.6 is 0 Å². The molecule has 2 aliphatic heterocycles. The Bertz CT molecular complexity index is 312. The standard InChI is InChI=1S/C7H14O.C6H12O2.C5H10O2.C5H10O/c1-8-7-5-3-2-4-6-7;1-7-6-3-2-4-8-5-6;1-6-5-2-3-7-4-5;1-6-5-3-2-4-5/h7H,2-6H2,1H3;6H,2-5H2,1H3;5H,2-4H2,1H3;5H,2-4H2,1H3. The molecule has 2 heterocycles. The zero-order valence-electron chi connectivity index (χ0n) is 19.4. The van der Waals surface area contributed by atoms with Crippen LogP contribution in [-0.2, 0) is 28.4 Å². The van der Waals surface area contributed by atoms with Gasteiger partial charge in [0.1, 0.15) is 0 Å². The minimum atomic E-state index is 0.365. The van der Waals surface area contributed by atoms with Crippen molar-refractivity contribution in [3.05, 3.63) is 0 Å². The molecule has 0 aromatic heterocycles. The molecule has 0 aromatic carbocycles. The lowest BCUT2D eigenvalue weighted by Crippen LogP contribution is -2.23. The second-order valence-corrected chi connectivity index (χ2v) is 8.08. The van der Waals surface area contributed by atoms with Gasteiger partial charge < -0.3 is 28.4 Å². The molecule has 2 aliphatic carbocycles. The number of hydrogen-bond acceptors (Lipinski definition) is 6. The van der Waals surface area contributed by atoms with E-state index >= 15 is 0 Å². The summed E-state index contributed by atoms with van der Waals surface area (Å²) in [7, 11) is 7.05. The Hall–Kier alpha value is -0.240. The molecule has 29 heavy (non-hydrogen) atoms. The van der Waals surface area contributed by atoms with Crippen molar-refractivity contribution >= 4 is 0 Å². The highest BCUT2D eigenvalue weighted by molar-refractivity contribution is 4.67. The number of methoxy groups -OCH3 is 4. The van der Waals surface area contributed by atoms with Gasteiger partial charge in [0.15, 0.2) is 0 Å². The monoisotopic (exact) mass is 418 g/mol. The smallest absolute Gasteiger partial charge is 0.0826 e. The maximum Gasteiger partial charge on any atom is 0.0826 e. The molecule has 0 bridgehead atoms. The average molecular weight is 419 g/mol. The van der Waals surface area contributed by atoms with Gasteiger partial charge in [0.2, 0.25) is 0 Å². The lowest BCUT2D eigenvalue weighted by atomic mass is 9.96. The van der Waals surface area contributed by atoms with Crippen LogP contribution in [0.5, 0.6) is 0 Å². The van der Waals surface area contributed by atoms with E-state index in [2.05, 4.69) is 0 Å². The molecule has 174 valence electrons. The molecule has 0 aromatic rings. The highest BCUT2D eigenvalue weighted by Crippen LogP contribution is 2.20. The van der Waals surface area contributed by atoms with Crippen molar-refractivity contribution in [3.8, 4) is 0 Å². The van der Waals surface area contributed by atoms with E-state index in [1.165, 1.54) is 51.4 Å². The molecule has 0 N–H and O–H groups in total. The third kappa shape index (κ3) is 13.6. The van der Waals surface area contributed by atoms with Crippen LogP contribution in [0.1, 0.15) is 70.6 Å². The van der Waals surface area contributed by atoms with Crippen LogP contribution in [0.25, 0.3) is 0 Å². The summed E-state index contributed by atoms with van der Waals surface area (Å²) in [5.74, 6) is 0. The molecule has 0 radical (unpaired) electrons. The maximum atomic E-state index is 5.19. The van der Waals surface area contributed by atoms with Gasteiger partial charge in [0.05, 0.1) is 37.6 Å². The van der Waals surface area contributed by atoms with Crippen molar-refractivity contribution in [3.63, 3.8) is 0 Å². The Morgan fingerprint density at radius 3 is 1.17 bits per heavy atom. The number of rotatable bonds is 4. The summed E-state index contributed by atoms with van der Waals surface area (Å²) in [5.41, 5.74) is 0. The van der Waals surface area contributed by atoms with Gasteiger partial charge in [-0.2, -0.15) is 0 Å². The summed E-state index contributed by atoms with van der Waals surface area (Å²) in [6, 6.07) is 0. The van der Waals surface area contributed by atoms with Crippen LogP contribution in [0, 0.1) is 0 Å². The van der Waals surface area contributed by atoms with Crippen LogP contribution in [0.3, 0.4) is 0 Å². The topological polar surface area (TPSA) is 55.4 Å². The Morgan fingerprint density at radius 1 is 0.448 bits per heavy atom. The van der Waals surface area contributed by atoms with Crippen molar-refractivity contribution in [2.24, 2.45) is 0 Å². The van der Waals surface area contributed by atoms with Gasteiger partial charge in [-0.3, -0.25) is 0 Å². The van der Waals surface area contributed by atoms with E-state index in [1.54, 1.807) is 21.3 Å². The first-order valence-corrected chi connectivity index (χ1v) is 11.5. The summed E-state index contributed by atoms with van der Waals surface area (Å²) in [5, 5.41) is 0. The molecule has 2 unspecified atom stereocenters. The first kappa shape index (κ1) is 26.8. The summed E-state index contributed by atoms with van der Waals surface area (Å²) < 4.78 is 30.4. The predicted molar refractivity (Wildman–Crippen MR) is 116 cm³/mol. The van der Waals surface area contributed by atoms with Crippen molar-refractivity contribution < 1.29 is 28.4 Å². The van der Waals surface area contributed by atoms with Crippen molar-refractivity contribution in [1.29, 1.82) is 0 Å². The molecule has 0 amide bonds. The summed E-state index contributed by atoms with van der Waals surface area (Å²) in [4.78, 5) is 0. The van der Waals surface area contributed by atoms with Gasteiger partial charge in [-0.25, -0.2) is 0 Å². The van der Waals surface area contributed by atoms with E-state index in [1.807, 2.05) is 7.11 Å². The minimum Gasteiger partial charge on any atom is -0.381 e. The largest absolute Gasteiger partial charge is 0.381 e. The fraction of sp³-hybridized carbons (Fsp3) is 1.00. The van der Waals surface area contributed by atoms with E-state index < -0.39 is 0 Å². The Labute approximate surface area is 178 Å². The van der Waals surface area contributed by atoms with E-state index in [0.717, 1.165) is 45.7 Å². The minimum absolute atomic E-state index is 0.365. The highest BCUT2D eigenvalue weighted by atomic mass is 16.5. The fourth-order valence-corrected chi connectivity index (χ4v) is 3.50. The van der Waals surface area contributed by atoms with Crippen molar-refractivity contribution in [2.75, 3.05) is 54.9 Å². The van der Waals surface area contributed by atoms with Crippen LogP contribution in [-0.4, -0.2) is 79.3 Å². The molecule has 2 saturated heterocycles. The molecule has 4 rings (SSSR count). The van der Waals surface area contributed by atoms with Gasteiger partial charge in [0, 0.05) is 41.7 Å². The first-order chi connectivity index (χ1) is 14.2. The van der Waals surface area contributed by atoms with Crippen LogP contribution < -0.4 is 0 Å². The van der Waals surface area contributed by atoms with Gasteiger partial charge in [-0.15, -0.1) is 0 Å². The first-order valence-electron chi connectivity index (χ1n) is 11.5. The summed E-state index contributed by atoms with van der Waals surface area (Å²) in [6.07, 6.45) is 16.0. The van der Waals surface area contributed by atoms with Gasteiger partial charge >= 0.3 is 0 Å². The Morgan fingerprint density at radius 2 is 0.897 bits per heavy atom. The normalized spacial score (nSPS) is 27.3. The molecular weight excluding hydrogens is 372 g/mol. The molecule has 4 aliphatic rings. The van der Waals surface area contributed by atoms with Crippen LogP contribution in [0.15, 0.2) is 0 Å². The SMILES string of the molecule is COC1CCC1.COC1CCCCC1.COC1CCCOC1.COC1CCOC1. The average Bonchev–Trinajstić information content (AvgIpc) is 3.30. The summed E-state index contributed by atoms with van der Waals surface area (Å²) >= 11 is 0. The van der Waals surface area contributed by atoms with Crippen molar-refractivity contribution in [2.45, 2.75) is 95.0 Å². The molecule has 0 spiro atoms. The second-order valence-electron chi connectivity index (χ2n) is 8.08. The Balaban J connectivity index is 0.000000194. The van der Waals surface area contributed by atoms with E-state index in [-0.39, 0.29) is 0 Å². The van der Waals surface area contributed by atoms with Crippen molar-refractivity contribution in [1.82, 2.24) is 0 Å². The zero-order valence-corrected chi connectivity index (χ0v) is 19.4.